The summed E-state index contributed by atoms with van der Waals surface area (Å²) in [5, 5.41) is 4.34. The van der Waals surface area contributed by atoms with Crippen molar-refractivity contribution in [3.8, 4) is 0 Å². The highest BCUT2D eigenvalue weighted by molar-refractivity contribution is 6.35. The van der Waals surface area contributed by atoms with E-state index in [2.05, 4.69) is 34.0 Å². The highest BCUT2D eigenvalue weighted by Gasteiger charge is 2.10. The summed E-state index contributed by atoms with van der Waals surface area (Å²) in [6.07, 6.45) is 2.16. The third-order valence-corrected chi connectivity index (χ3v) is 3.71. The van der Waals surface area contributed by atoms with Crippen LogP contribution in [-0.2, 0) is 0 Å². The van der Waals surface area contributed by atoms with Gasteiger partial charge in [-0.3, -0.25) is 0 Å². The van der Waals surface area contributed by atoms with Crippen molar-refractivity contribution >= 4 is 40.7 Å². The van der Waals surface area contributed by atoms with Gasteiger partial charge in [-0.2, -0.15) is 4.98 Å². The maximum Gasteiger partial charge on any atom is 0.229 e. The fourth-order valence-electron chi connectivity index (χ4n) is 2.41. The van der Waals surface area contributed by atoms with E-state index in [1.54, 1.807) is 18.2 Å². The molecule has 2 aromatic rings. The van der Waals surface area contributed by atoms with Crippen molar-refractivity contribution in [3.05, 3.63) is 40.0 Å². The SMILES string of the molecule is CCCN(CCC)c1cc(C)nc(Nc2cc(Cl)cc(Cl)c2)n1. The summed E-state index contributed by atoms with van der Waals surface area (Å²) in [7, 11) is 0. The normalized spacial score (nSPS) is 10.7. The first kappa shape index (κ1) is 17.8. The number of hydrogen-bond acceptors (Lipinski definition) is 4. The van der Waals surface area contributed by atoms with Crippen molar-refractivity contribution < 1.29 is 0 Å². The first-order valence-electron chi connectivity index (χ1n) is 7.85. The number of benzene rings is 1. The molecule has 0 bridgehead atoms. The molecule has 0 aliphatic rings. The Labute approximate surface area is 147 Å². The van der Waals surface area contributed by atoms with Crippen LogP contribution in [0.25, 0.3) is 0 Å². The van der Waals surface area contributed by atoms with Gasteiger partial charge in [0, 0.05) is 40.6 Å². The van der Waals surface area contributed by atoms with Crippen molar-refractivity contribution in [2.24, 2.45) is 0 Å². The first-order valence-corrected chi connectivity index (χ1v) is 8.61. The summed E-state index contributed by atoms with van der Waals surface area (Å²) in [5.74, 6) is 1.49. The molecule has 6 heteroatoms. The maximum absolute atomic E-state index is 6.04. The zero-order valence-corrected chi connectivity index (χ0v) is 15.2. The summed E-state index contributed by atoms with van der Waals surface area (Å²) >= 11 is 12.1. The molecule has 0 aliphatic heterocycles. The van der Waals surface area contributed by atoms with E-state index in [0.29, 0.717) is 16.0 Å². The van der Waals surface area contributed by atoms with E-state index >= 15 is 0 Å². The average molecular weight is 353 g/mol. The Kier molecular flexibility index (Phi) is 6.48. The van der Waals surface area contributed by atoms with Crippen molar-refractivity contribution in [1.29, 1.82) is 0 Å². The van der Waals surface area contributed by atoms with Crippen LogP contribution in [0.15, 0.2) is 24.3 Å². The predicted molar refractivity (Wildman–Crippen MR) is 99.3 cm³/mol. The largest absolute Gasteiger partial charge is 0.356 e. The Morgan fingerprint density at radius 2 is 1.57 bits per heavy atom. The molecule has 1 N–H and O–H groups in total. The number of anilines is 3. The van der Waals surface area contributed by atoms with E-state index in [9.17, 15) is 0 Å². The molecular formula is C17H22Cl2N4. The number of aryl methyl sites for hydroxylation is 1. The van der Waals surface area contributed by atoms with Crippen LogP contribution in [0.4, 0.5) is 17.5 Å². The Hall–Kier alpha value is -1.52. The topological polar surface area (TPSA) is 41.1 Å². The summed E-state index contributed by atoms with van der Waals surface area (Å²) in [6, 6.07) is 7.31. The Balaban J connectivity index is 2.28. The van der Waals surface area contributed by atoms with Crippen molar-refractivity contribution in [2.75, 3.05) is 23.3 Å². The minimum atomic E-state index is 0.551. The van der Waals surface area contributed by atoms with Gasteiger partial charge in [-0.1, -0.05) is 37.0 Å². The van der Waals surface area contributed by atoms with Gasteiger partial charge in [0.2, 0.25) is 5.95 Å². The van der Waals surface area contributed by atoms with Crippen LogP contribution in [0.5, 0.6) is 0 Å². The highest BCUT2D eigenvalue weighted by atomic mass is 35.5. The van der Waals surface area contributed by atoms with Gasteiger partial charge in [0.25, 0.3) is 0 Å². The van der Waals surface area contributed by atoms with Gasteiger partial charge in [0.05, 0.1) is 0 Å². The van der Waals surface area contributed by atoms with Crippen LogP contribution in [0, 0.1) is 6.92 Å². The Bertz CT molecular complexity index is 635. The van der Waals surface area contributed by atoms with Gasteiger partial charge in [-0.25, -0.2) is 4.98 Å². The molecule has 0 fully saturated rings. The van der Waals surface area contributed by atoms with Crippen molar-refractivity contribution in [1.82, 2.24) is 9.97 Å². The number of nitrogens with zero attached hydrogens (tertiary/aromatic N) is 3. The van der Waals surface area contributed by atoms with E-state index in [4.69, 9.17) is 23.2 Å². The average Bonchev–Trinajstić information content (AvgIpc) is 2.45. The molecule has 1 aromatic carbocycles. The highest BCUT2D eigenvalue weighted by Crippen LogP contribution is 2.25. The number of rotatable bonds is 7. The van der Waals surface area contributed by atoms with Gasteiger partial charge in [-0.15, -0.1) is 0 Å². The van der Waals surface area contributed by atoms with E-state index in [1.165, 1.54) is 0 Å². The molecule has 0 amide bonds. The van der Waals surface area contributed by atoms with Gasteiger partial charge >= 0.3 is 0 Å². The number of hydrogen-bond donors (Lipinski definition) is 1. The molecule has 23 heavy (non-hydrogen) atoms. The fraction of sp³-hybridized carbons (Fsp3) is 0.412. The Morgan fingerprint density at radius 3 is 2.13 bits per heavy atom. The lowest BCUT2D eigenvalue weighted by Gasteiger charge is -2.23. The Morgan fingerprint density at radius 1 is 0.957 bits per heavy atom. The van der Waals surface area contributed by atoms with E-state index < -0.39 is 0 Å². The lowest BCUT2D eigenvalue weighted by Crippen LogP contribution is -2.26. The van der Waals surface area contributed by atoms with E-state index in [0.717, 1.165) is 43.1 Å². The minimum Gasteiger partial charge on any atom is -0.356 e. The standard InChI is InChI=1S/C17H22Cl2N4/c1-4-6-23(7-5-2)16-8-12(3)20-17(22-16)21-15-10-13(18)9-14(19)11-15/h8-11H,4-7H2,1-3H3,(H,20,21,22). The van der Waals surface area contributed by atoms with Gasteiger partial charge in [0.15, 0.2) is 0 Å². The molecule has 0 atom stereocenters. The molecular weight excluding hydrogens is 331 g/mol. The number of aromatic nitrogens is 2. The lowest BCUT2D eigenvalue weighted by atomic mass is 10.3. The molecule has 0 saturated carbocycles. The van der Waals surface area contributed by atoms with Gasteiger partial charge in [-0.05, 0) is 38.0 Å². The van der Waals surface area contributed by atoms with Crippen LogP contribution in [-0.4, -0.2) is 23.1 Å². The van der Waals surface area contributed by atoms with Crippen LogP contribution >= 0.6 is 23.2 Å². The smallest absolute Gasteiger partial charge is 0.229 e. The predicted octanol–water partition coefficient (Wildman–Crippen LogP) is 5.46. The second-order valence-corrected chi connectivity index (χ2v) is 6.33. The molecule has 4 nitrogen and oxygen atoms in total. The molecule has 0 saturated heterocycles. The number of halogens is 2. The van der Waals surface area contributed by atoms with Gasteiger partial charge in [0.1, 0.15) is 5.82 Å². The fourth-order valence-corrected chi connectivity index (χ4v) is 2.93. The minimum absolute atomic E-state index is 0.551. The molecule has 0 aliphatic carbocycles. The second-order valence-electron chi connectivity index (χ2n) is 5.46. The van der Waals surface area contributed by atoms with Crippen LogP contribution in [0.3, 0.4) is 0 Å². The summed E-state index contributed by atoms with van der Waals surface area (Å²) in [6.45, 7) is 8.27. The zero-order chi connectivity index (χ0) is 16.8. The number of nitrogens with one attached hydrogen (secondary N) is 1. The molecule has 1 heterocycles. The van der Waals surface area contributed by atoms with Crippen molar-refractivity contribution in [2.45, 2.75) is 33.6 Å². The zero-order valence-electron chi connectivity index (χ0n) is 13.7. The molecule has 1 aromatic heterocycles. The van der Waals surface area contributed by atoms with E-state index in [1.807, 2.05) is 13.0 Å². The third-order valence-electron chi connectivity index (χ3n) is 3.27. The second kappa shape index (κ2) is 8.37. The lowest BCUT2D eigenvalue weighted by molar-refractivity contribution is 0.732. The van der Waals surface area contributed by atoms with Crippen LogP contribution in [0.2, 0.25) is 10.0 Å². The third kappa shape index (κ3) is 5.26. The maximum atomic E-state index is 6.04. The summed E-state index contributed by atoms with van der Waals surface area (Å²) in [5.41, 5.74) is 1.69. The molecule has 124 valence electrons. The van der Waals surface area contributed by atoms with Gasteiger partial charge < -0.3 is 10.2 Å². The first-order chi connectivity index (χ1) is 11.0. The summed E-state index contributed by atoms with van der Waals surface area (Å²) < 4.78 is 0. The van der Waals surface area contributed by atoms with Crippen LogP contribution < -0.4 is 10.2 Å². The molecule has 0 radical (unpaired) electrons. The molecule has 2 rings (SSSR count). The van der Waals surface area contributed by atoms with Crippen LogP contribution in [0.1, 0.15) is 32.4 Å². The summed E-state index contributed by atoms with van der Waals surface area (Å²) in [4.78, 5) is 11.4. The molecule has 0 spiro atoms. The monoisotopic (exact) mass is 352 g/mol. The molecule has 0 unspecified atom stereocenters. The van der Waals surface area contributed by atoms with Crippen molar-refractivity contribution in [3.63, 3.8) is 0 Å². The van der Waals surface area contributed by atoms with E-state index in [-0.39, 0.29) is 0 Å². The quantitative estimate of drug-likeness (QED) is 0.717.